The van der Waals surface area contributed by atoms with Crippen molar-refractivity contribution >= 4 is 27.8 Å². The van der Waals surface area contributed by atoms with Crippen molar-refractivity contribution in [2.24, 2.45) is 0 Å². The van der Waals surface area contributed by atoms with Crippen molar-refractivity contribution in [3.63, 3.8) is 0 Å². The Morgan fingerprint density at radius 3 is 2.83 bits per heavy atom. The van der Waals surface area contributed by atoms with Crippen LogP contribution >= 0.6 is 0 Å². The Balaban J connectivity index is 2.07. The summed E-state index contributed by atoms with van der Waals surface area (Å²) in [5.41, 5.74) is 9.31. The molecule has 5 heteroatoms. The molecule has 1 aliphatic rings. The molecule has 1 fully saturated rings. The second-order valence-electron chi connectivity index (χ2n) is 4.91. The van der Waals surface area contributed by atoms with Crippen molar-refractivity contribution in [1.82, 2.24) is 9.55 Å². The highest BCUT2D eigenvalue weighted by Gasteiger charge is 2.22. The Morgan fingerprint density at radius 1 is 1.39 bits per heavy atom. The van der Waals surface area contributed by atoms with Crippen LogP contribution in [0.4, 0.5) is 5.95 Å². The van der Waals surface area contributed by atoms with Gasteiger partial charge in [-0.1, -0.05) is 6.07 Å². The summed E-state index contributed by atoms with van der Waals surface area (Å²) in [4.78, 5) is 4.41. The summed E-state index contributed by atoms with van der Waals surface area (Å²) in [7, 11) is -0.642. The van der Waals surface area contributed by atoms with Crippen LogP contribution in [-0.4, -0.2) is 25.3 Å². The largest absolute Gasteiger partial charge is 0.369 e. The third kappa shape index (κ3) is 1.92. The minimum absolute atomic E-state index is 0.342. The van der Waals surface area contributed by atoms with E-state index in [1.165, 1.54) is 5.56 Å². The lowest BCUT2D eigenvalue weighted by molar-refractivity contribution is 0.478. The standard InChI is InChI=1S/C13H17N3OS/c1-9-2-3-11-12(8-9)16(13(14)15-11)10-4-6-18(17)7-5-10/h2-3,8,10H,4-7H2,1H3,(H2,14,15). The molecule has 0 radical (unpaired) electrons. The summed E-state index contributed by atoms with van der Waals surface area (Å²) >= 11 is 0. The summed E-state index contributed by atoms with van der Waals surface area (Å²) in [6, 6.07) is 6.53. The Morgan fingerprint density at radius 2 is 2.11 bits per heavy atom. The van der Waals surface area contributed by atoms with E-state index in [0.717, 1.165) is 35.4 Å². The first-order valence-corrected chi connectivity index (χ1v) is 7.73. The van der Waals surface area contributed by atoms with Gasteiger partial charge in [0.15, 0.2) is 0 Å². The van der Waals surface area contributed by atoms with Crippen LogP contribution in [0.15, 0.2) is 18.2 Å². The van der Waals surface area contributed by atoms with Gasteiger partial charge in [0.25, 0.3) is 0 Å². The fourth-order valence-corrected chi connectivity index (χ4v) is 3.92. The number of hydrogen-bond donors (Lipinski definition) is 1. The molecule has 0 bridgehead atoms. The van der Waals surface area contributed by atoms with Crippen molar-refractivity contribution in [2.45, 2.75) is 25.8 Å². The number of nitrogens with two attached hydrogens (primary N) is 1. The minimum atomic E-state index is -0.642. The molecule has 0 spiro atoms. The predicted molar refractivity (Wildman–Crippen MR) is 75.0 cm³/mol. The highest BCUT2D eigenvalue weighted by atomic mass is 32.2. The lowest BCUT2D eigenvalue weighted by Crippen LogP contribution is -2.22. The topological polar surface area (TPSA) is 60.9 Å². The molecule has 1 aromatic heterocycles. The zero-order chi connectivity index (χ0) is 12.7. The van der Waals surface area contributed by atoms with Gasteiger partial charge in [-0.25, -0.2) is 4.98 Å². The number of aryl methyl sites for hydroxylation is 1. The van der Waals surface area contributed by atoms with Gasteiger partial charge in [-0.2, -0.15) is 0 Å². The molecule has 1 aromatic carbocycles. The fourth-order valence-electron chi connectivity index (χ4n) is 2.64. The molecular weight excluding hydrogens is 246 g/mol. The number of nitrogen functional groups attached to an aromatic ring is 1. The monoisotopic (exact) mass is 263 g/mol. The maximum Gasteiger partial charge on any atom is 0.201 e. The number of fused-ring (bicyclic) bond motifs is 1. The molecule has 96 valence electrons. The normalized spacial score (nSPS) is 24.5. The zero-order valence-electron chi connectivity index (χ0n) is 10.4. The number of benzene rings is 1. The average molecular weight is 263 g/mol. The van der Waals surface area contributed by atoms with Gasteiger partial charge in [0, 0.05) is 28.3 Å². The van der Waals surface area contributed by atoms with E-state index < -0.39 is 10.8 Å². The Bertz CT molecular complexity index is 610. The molecule has 18 heavy (non-hydrogen) atoms. The van der Waals surface area contributed by atoms with Crippen LogP contribution in [0.5, 0.6) is 0 Å². The van der Waals surface area contributed by atoms with Crippen molar-refractivity contribution < 1.29 is 4.21 Å². The van der Waals surface area contributed by atoms with Gasteiger partial charge in [0.1, 0.15) is 0 Å². The number of nitrogens with zero attached hydrogens (tertiary/aromatic N) is 2. The second-order valence-corrected chi connectivity index (χ2v) is 6.61. The molecule has 0 aliphatic carbocycles. The lowest BCUT2D eigenvalue weighted by Gasteiger charge is -2.24. The maximum absolute atomic E-state index is 11.4. The van der Waals surface area contributed by atoms with Crippen molar-refractivity contribution in [3.05, 3.63) is 23.8 Å². The smallest absolute Gasteiger partial charge is 0.201 e. The minimum Gasteiger partial charge on any atom is -0.369 e. The summed E-state index contributed by atoms with van der Waals surface area (Å²) in [5, 5.41) is 0. The molecule has 3 rings (SSSR count). The first kappa shape index (κ1) is 11.7. The predicted octanol–water partition coefficient (Wildman–Crippen LogP) is 2.01. The highest BCUT2D eigenvalue weighted by molar-refractivity contribution is 7.85. The van der Waals surface area contributed by atoms with Gasteiger partial charge in [-0.3, -0.25) is 4.21 Å². The first-order chi connectivity index (χ1) is 8.65. The van der Waals surface area contributed by atoms with E-state index >= 15 is 0 Å². The highest BCUT2D eigenvalue weighted by Crippen LogP contribution is 2.30. The van der Waals surface area contributed by atoms with Crippen molar-refractivity contribution in [1.29, 1.82) is 0 Å². The molecule has 2 aromatic rings. The van der Waals surface area contributed by atoms with Crippen LogP contribution in [0.1, 0.15) is 24.4 Å². The summed E-state index contributed by atoms with van der Waals surface area (Å²) in [6.45, 7) is 2.07. The number of anilines is 1. The lowest BCUT2D eigenvalue weighted by atomic mass is 10.1. The summed E-state index contributed by atoms with van der Waals surface area (Å²) in [5.74, 6) is 2.12. The molecular formula is C13H17N3OS. The third-order valence-corrected chi connectivity index (χ3v) is 4.98. The molecule has 0 atom stereocenters. The summed E-state index contributed by atoms with van der Waals surface area (Å²) in [6.07, 6.45) is 1.85. The number of imidazole rings is 1. The Kier molecular flexibility index (Phi) is 2.86. The van der Waals surface area contributed by atoms with Crippen LogP contribution in [0, 0.1) is 6.92 Å². The number of aromatic nitrogens is 2. The van der Waals surface area contributed by atoms with E-state index in [9.17, 15) is 4.21 Å². The van der Waals surface area contributed by atoms with E-state index in [1.54, 1.807) is 0 Å². The van der Waals surface area contributed by atoms with Crippen LogP contribution in [0.25, 0.3) is 11.0 Å². The van der Waals surface area contributed by atoms with Gasteiger partial charge in [0.05, 0.1) is 11.0 Å². The van der Waals surface area contributed by atoms with Gasteiger partial charge >= 0.3 is 0 Å². The summed E-state index contributed by atoms with van der Waals surface area (Å²) < 4.78 is 13.6. The van der Waals surface area contributed by atoms with Gasteiger partial charge in [-0.15, -0.1) is 0 Å². The molecule has 0 amide bonds. The van der Waals surface area contributed by atoms with Crippen molar-refractivity contribution in [2.75, 3.05) is 17.2 Å². The Hall–Kier alpha value is -1.36. The van der Waals surface area contributed by atoms with Gasteiger partial charge in [0.2, 0.25) is 5.95 Å². The third-order valence-electron chi connectivity index (χ3n) is 3.59. The quantitative estimate of drug-likeness (QED) is 0.856. The van der Waals surface area contributed by atoms with Crippen LogP contribution < -0.4 is 5.73 Å². The molecule has 1 saturated heterocycles. The van der Waals surface area contributed by atoms with Gasteiger partial charge in [-0.05, 0) is 37.5 Å². The fraction of sp³-hybridized carbons (Fsp3) is 0.462. The van der Waals surface area contributed by atoms with Crippen LogP contribution in [0.2, 0.25) is 0 Å². The first-order valence-electron chi connectivity index (χ1n) is 6.24. The molecule has 2 heterocycles. The SMILES string of the molecule is Cc1ccc2nc(N)n(C3CCS(=O)CC3)c2c1. The molecule has 0 unspecified atom stereocenters. The number of hydrogen-bond acceptors (Lipinski definition) is 3. The average Bonchev–Trinajstić information content (AvgIpc) is 2.66. The second kappa shape index (κ2) is 4.39. The van der Waals surface area contributed by atoms with Crippen molar-refractivity contribution in [3.8, 4) is 0 Å². The van der Waals surface area contributed by atoms with E-state index in [1.807, 2.05) is 6.07 Å². The van der Waals surface area contributed by atoms with Gasteiger partial charge < -0.3 is 10.3 Å². The Labute approximate surface area is 109 Å². The number of rotatable bonds is 1. The molecule has 1 aliphatic heterocycles. The van der Waals surface area contributed by atoms with Crippen LogP contribution in [-0.2, 0) is 10.8 Å². The van der Waals surface area contributed by atoms with Crippen LogP contribution in [0.3, 0.4) is 0 Å². The maximum atomic E-state index is 11.4. The molecule has 2 N–H and O–H groups in total. The van der Waals surface area contributed by atoms with E-state index in [-0.39, 0.29) is 0 Å². The van der Waals surface area contributed by atoms with E-state index in [0.29, 0.717) is 12.0 Å². The van der Waals surface area contributed by atoms with E-state index in [2.05, 4.69) is 28.6 Å². The molecule has 0 saturated carbocycles. The molecule has 4 nitrogen and oxygen atoms in total. The van der Waals surface area contributed by atoms with E-state index in [4.69, 9.17) is 5.73 Å². The zero-order valence-corrected chi connectivity index (χ0v) is 11.2.